The first kappa shape index (κ1) is 40.5. The molecule has 8 bridgehead atoms. The van der Waals surface area contributed by atoms with Gasteiger partial charge in [-0.25, -0.2) is 29.1 Å². The summed E-state index contributed by atoms with van der Waals surface area (Å²) in [7, 11) is 0. The number of aliphatic carboxylic acids is 4. The molecule has 0 unspecified atom stereocenters. The Morgan fingerprint density at radius 1 is 0.453 bits per heavy atom. The number of rotatable bonds is 14. The molecule has 0 atom stereocenters. The van der Waals surface area contributed by atoms with Crippen molar-refractivity contribution in [3.8, 4) is 56.9 Å². The first-order valence-electron chi connectivity index (χ1n) is 19.6. The molecule has 2 aliphatic rings. The molecule has 5 heterocycles. The number of benzene rings is 4. The van der Waals surface area contributed by atoms with E-state index < -0.39 is 50.3 Å². The summed E-state index contributed by atoms with van der Waals surface area (Å²) in [4.78, 5) is 56.2. The number of nitrogens with zero attached hydrogens (tertiary/aromatic N) is 4. The molecule has 16 heteroatoms. The maximum absolute atomic E-state index is 11.5. The minimum Gasteiger partial charge on any atom is -0.482 e. The number of carboxylic acid groups (broad SMARTS) is 4. The van der Waals surface area contributed by atoms with Crippen LogP contribution in [0.3, 0.4) is 0 Å². The normalized spacial score (nSPS) is 11.5. The van der Waals surface area contributed by atoms with Gasteiger partial charge in [-0.1, -0.05) is 36.4 Å². The summed E-state index contributed by atoms with van der Waals surface area (Å²) in [5.74, 6) is -4.25. The fraction of sp³-hybridized carbons (Fsp3) is 0.0833. The average molecular weight is 859 g/mol. The second kappa shape index (κ2) is 16.9. The van der Waals surface area contributed by atoms with Crippen LogP contribution in [-0.2, 0) is 19.2 Å². The van der Waals surface area contributed by atoms with Crippen molar-refractivity contribution >= 4 is 68.9 Å². The monoisotopic (exact) mass is 858 g/mol. The molecular formula is C48H34N4O12. The van der Waals surface area contributed by atoms with Crippen molar-refractivity contribution in [3.63, 3.8) is 0 Å². The lowest BCUT2D eigenvalue weighted by Gasteiger charge is -2.13. The van der Waals surface area contributed by atoms with Crippen LogP contribution in [0.15, 0.2) is 121 Å². The van der Waals surface area contributed by atoms with Gasteiger partial charge in [-0.05, 0) is 71.5 Å². The summed E-state index contributed by atoms with van der Waals surface area (Å²) in [6.45, 7) is -2.59. The molecule has 0 spiro atoms. The summed E-state index contributed by atoms with van der Waals surface area (Å²) >= 11 is 0. The van der Waals surface area contributed by atoms with E-state index in [0.717, 1.165) is 21.9 Å². The number of carboxylic acids is 4. The van der Waals surface area contributed by atoms with Crippen LogP contribution in [-0.4, -0.2) is 89.8 Å². The maximum atomic E-state index is 11.5. The van der Waals surface area contributed by atoms with E-state index in [1.807, 2.05) is 106 Å². The van der Waals surface area contributed by atoms with Crippen molar-refractivity contribution in [2.24, 2.45) is 0 Å². The van der Waals surface area contributed by atoms with Gasteiger partial charge in [-0.3, -0.25) is 0 Å². The highest BCUT2D eigenvalue weighted by molar-refractivity contribution is 6.05. The van der Waals surface area contributed by atoms with Crippen molar-refractivity contribution in [3.05, 3.63) is 133 Å². The van der Waals surface area contributed by atoms with Gasteiger partial charge in [0.15, 0.2) is 26.4 Å². The van der Waals surface area contributed by atoms with Crippen molar-refractivity contribution < 1.29 is 58.6 Å². The number of aromatic nitrogens is 4. The number of hydrogen-bond donors (Lipinski definition) is 4. The lowest BCUT2D eigenvalue weighted by Crippen LogP contribution is -2.11. The topological polar surface area (TPSA) is 222 Å². The van der Waals surface area contributed by atoms with Crippen LogP contribution in [0.25, 0.3) is 78.9 Å². The zero-order valence-electron chi connectivity index (χ0n) is 33.4. The first-order valence-corrected chi connectivity index (χ1v) is 19.6. The molecular weight excluding hydrogens is 825 g/mol. The maximum Gasteiger partial charge on any atom is 0.341 e. The fourth-order valence-corrected chi connectivity index (χ4v) is 7.63. The zero-order valence-corrected chi connectivity index (χ0v) is 33.4. The van der Waals surface area contributed by atoms with Gasteiger partial charge in [-0.2, -0.15) is 0 Å². The van der Waals surface area contributed by atoms with Gasteiger partial charge in [0, 0.05) is 69.6 Å². The van der Waals surface area contributed by atoms with Gasteiger partial charge in [0.05, 0.1) is 34.2 Å². The van der Waals surface area contributed by atoms with Gasteiger partial charge in [0.1, 0.15) is 23.0 Å². The first-order chi connectivity index (χ1) is 30.9. The average Bonchev–Trinajstić information content (AvgIpc) is 4.07. The molecule has 16 nitrogen and oxygen atoms in total. The van der Waals surface area contributed by atoms with Crippen molar-refractivity contribution in [2.75, 3.05) is 26.4 Å². The fourth-order valence-electron chi connectivity index (χ4n) is 7.63. The highest BCUT2D eigenvalue weighted by atomic mass is 16.5. The molecule has 0 radical (unpaired) electrons. The van der Waals surface area contributed by atoms with E-state index in [4.69, 9.17) is 28.9 Å². The van der Waals surface area contributed by atoms with Crippen LogP contribution in [0, 0.1) is 0 Å². The lowest BCUT2D eigenvalue weighted by atomic mass is 9.97. The molecule has 0 amide bonds. The van der Waals surface area contributed by atoms with Gasteiger partial charge in [-0.15, -0.1) is 0 Å². The highest BCUT2D eigenvalue weighted by Crippen LogP contribution is 2.42. The van der Waals surface area contributed by atoms with Crippen molar-refractivity contribution in [2.45, 2.75) is 0 Å². The summed E-state index contributed by atoms with van der Waals surface area (Å²) in [5, 5.41) is 39.5. The molecule has 2 aliphatic heterocycles. The van der Waals surface area contributed by atoms with E-state index in [9.17, 15) is 39.6 Å². The predicted octanol–water partition coefficient (Wildman–Crippen LogP) is 7.75. The Hall–Kier alpha value is -8.92. The Labute approximate surface area is 361 Å². The van der Waals surface area contributed by atoms with E-state index in [1.165, 1.54) is 12.1 Å². The van der Waals surface area contributed by atoms with Crippen LogP contribution in [0.4, 0.5) is 0 Å². The molecule has 9 rings (SSSR count). The second-order valence-corrected chi connectivity index (χ2v) is 14.6. The quantitative estimate of drug-likeness (QED) is 0.0821. The minimum atomic E-state index is -1.20. The third-order valence-electron chi connectivity index (χ3n) is 10.1. The highest BCUT2D eigenvalue weighted by Gasteiger charge is 2.21. The minimum absolute atomic E-state index is 0.136. The molecule has 3 aromatic heterocycles. The molecule has 64 heavy (non-hydrogen) atoms. The van der Waals surface area contributed by atoms with E-state index in [1.54, 1.807) is 24.3 Å². The molecule has 4 N–H and O–H groups in total. The Bertz CT molecular complexity index is 3200. The van der Waals surface area contributed by atoms with Crippen LogP contribution in [0.5, 0.6) is 23.0 Å². The SMILES string of the molecule is O=C(O)COc1cc(OCC(=O)O)cc(-n2c3ccc2cc2nc(cc4ccc(cc5nc(c3)C=C5)n4-c3cc(OCC(=O)O)cc(OCC(=O)O)c3)-c3c-2ccc2ccccc32)c1. The molecule has 4 aromatic carbocycles. The number of carbonyl (C=O) groups is 4. The van der Waals surface area contributed by atoms with E-state index in [2.05, 4.69) is 0 Å². The molecule has 318 valence electrons. The number of hydrogen-bond acceptors (Lipinski definition) is 10. The molecule has 7 aromatic rings. The summed E-state index contributed by atoms with van der Waals surface area (Å²) in [6, 6.07) is 36.5. The number of fused-ring (bicyclic) bond motifs is 13. The third-order valence-corrected chi connectivity index (χ3v) is 10.1. The van der Waals surface area contributed by atoms with Crippen LogP contribution >= 0.6 is 0 Å². The van der Waals surface area contributed by atoms with Crippen LogP contribution in [0.1, 0.15) is 11.4 Å². The Morgan fingerprint density at radius 2 is 0.875 bits per heavy atom. The van der Waals surface area contributed by atoms with Gasteiger partial charge >= 0.3 is 23.9 Å². The third kappa shape index (κ3) is 8.51. The zero-order chi connectivity index (χ0) is 44.5. The largest absolute Gasteiger partial charge is 0.482 e. The van der Waals surface area contributed by atoms with Crippen molar-refractivity contribution in [1.82, 2.24) is 19.1 Å². The lowest BCUT2D eigenvalue weighted by molar-refractivity contribution is -0.140. The van der Waals surface area contributed by atoms with Gasteiger partial charge < -0.3 is 48.5 Å². The Kier molecular flexibility index (Phi) is 10.7. The van der Waals surface area contributed by atoms with E-state index in [-0.39, 0.29) is 23.0 Å². The Morgan fingerprint density at radius 3 is 1.33 bits per heavy atom. The van der Waals surface area contributed by atoms with Gasteiger partial charge in [0.2, 0.25) is 0 Å². The van der Waals surface area contributed by atoms with E-state index in [0.29, 0.717) is 56.2 Å². The molecule has 0 saturated carbocycles. The van der Waals surface area contributed by atoms with Crippen LogP contribution < -0.4 is 18.9 Å². The number of ether oxygens (including phenoxy) is 4. The van der Waals surface area contributed by atoms with Crippen molar-refractivity contribution in [1.29, 1.82) is 0 Å². The second-order valence-electron chi connectivity index (χ2n) is 14.6. The van der Waals surface area contributed by atoms with Gasteiger partial charge in [0.25, 0.3) is 0 Å². The smallest absolute Gasteiger partial charge is 0.341 e. The molecule has 0 aliphatic carbocycles. The predicted molar refractivity (Wildman–Crippen MR) is 234 cm³/mol. The standard InChI is InChI=1S/C48H34N4O12/c53-44(54)23-61-36-15-34(16-37(21-36)62-24-45(55)56)51-30-8-10-32(51)19-42-41-12-5-27-3-1-2-4-40(27)48(41)43(50-42)20-33-11-9-31(14-29-7-6-28(13-30)49-29)52(33)35-17-38(63-25-46(57)58)22-39(18-35)64-26-47(59)60/h1-22H,23-26H2,(H,53,54)(H,55,56)(H,57,58)(H,59,60). The summed E-state index contributed by atoms with van der Waals surface area (Å²) in [5.41, 5.74) is 7.60. The molecule has 0 fully saturated rings. The Balaban J connectivity index is 1.34. The summed E-state index contributed by atoms with van der Waals surface area (Å²) in [6.07, 6.45) is 3.67. The van der Waals surface area contributed by atoms with Crippen LogP contribution in [0.2, 0.25) is 0 Å². The molecule has 0 saturated heterocycles. The van der Waals surface area contributed by atoms with E-state index >= 15 is 0 Å². The summed E-state index contributed by atoms with van der Waals surface area (Å²) < 4.78 is 26.1.